The lowest BCUT2D eigenvalue weighted by atomic mass is 10.2. The van der Waals surface area contributed by atoms with Gasteiger partial charge in [0, 0.05) is 38.5 Å². The molecule has 1 fully saturated rings. The summed E-state index contributed by atoms with van der Waals surface area (Å²) in [6.07, 6.45) is 2.82. The topological polar surface area (TPSA) is 53.0 Å². The number of carbonyl (C=O) groups is 1. The number of carboxylic acid groups (broad SMARTS) is 1. The van der Waals surface area contributed by atoms with E-state index in [9.17, 15) is 4.79 Å². The first-order chi connectivity index (χ1) is 9.20. The minimum absolute atomic E-state index is 0.807. The monoisotopic (exact) mass is 262 g/mol. The van der Waals surface area contributed by atoms with Crippen LogP contribution < -0.4 is 9.64 Å². The van der Waals surface area contributed by atoms with Crippen LogP contribution in [-0.2, 0) is 4.79 Å². The normalized spacial score (nSPS) is 15.8. The summed E-state index contributed by atoms with van der Waals surface area (Å²) in [4.78, 5) is 14.7. The van der Waals surface area contributed by atoms with E-state index in [-0.39, 0.29) is 0 Å². The van der Waals surface area contributed by atoms with E-state index in [2.05, 4.69) is 4.90 Å². The molecule has 0 amide bonds. The first kappa shape index (κ1) is 13.3. The molecule has 5 nitrogen and oxygen atoms in total. The van der Waals surface area contributed by atoms with Crippen molar-refractivity contribution in [3.8, 4) is 5.75 Å². The second kappa shape index (κ2) is 6.13. The van der Waals surface area contributed by atoms with Gasteiger partial charge in [-0.3, -0.25) is 0 Å². The first-order valence-corrected chi connectivity index (χ1v) is 6.24. The lowest BCUT2D eigenvalue weighted by Crippen LogP contribution is -2.44. The van der Waals surface area contributed by atoms with Gasteiger partial charge >= 0.3 is 5.97 Å². The summed E-state index contributed by atoms with van der Waals surface area (Å²) >= 11 is 0. The van der Waals surface area contributed by atoms with E-state index < -0.39 is 5.97 Å². The van der Waals surface area contributed by atoms with Gasteiger partial charge in [-0.2, -0.15) is 0 Å². The minimum Gasteiger partial charge on any atom is -0.495 e. The van der Waals surface area contributed by atoms with Crippen molar-refractivity contribution in [1.29, 1.82) is 0 Å². The number of ether oxygens (including phenoxy) is 1. The first-order valence-electron chi connectivity index (χ1n) is 6.24. The number of nitrogens with zero attached hydrogens (tertiary/aromatic N) is 2. The Morgan fingerprint density at radius 3 is 2.58 bits per heavy atom. The lowest BCUT2D eigenvalue weighted by Gasteiger charge is -2.36. The van der Waals surface area contributed by atoms with E-state index in [0.717, 1.165) is 37.6 Å². The van der Waals surface area contributed by atoms with Gasteiger partial charge in [-0.25, -0.2) is 4.79 Å². The number of piperazine rings is 1. The van der Waals surface area contributed by atoms with Crippen LogP contribution in [-0.4, -0.2) is 49.3 Å². The van der Waals surface area contributed by atoms with E-state index in [1.54, 1.807) is 13.3 Å². The summed E-state index contributed by atoms with van der Waals surface area (Å²) in [7, 11) is 1.67. The molecular weight excluding hydrogens is 244 g/mol. The van der Waals surface area contributed by atoms with E-state index in [1.807, 2.05) is 29.2 Å². The Morgan fingerprint density at radius 1 is 1.26 bits per heavy atom. The quantitative estimate of drug-likeness (QED) is 0.832. The van der Waals surface area contributed by atoms with Crippen molar-refractivity contribution in [3.05, 3.63) is 36.5 Å². The molecule has 0 saturated carbocycles. The van der Waals surface area contributed by atoms with Gasteiger partial charge in [-0.15, -0.1) is 0 Å². The van der Waals surface area contributed by atoms with Crippen molar-refractivity contribution < 1.29 is 14.6 Å². The molecule has 1 aromatic carbocycles. The van der Waals surface area contributed by atoms with Crippen molar-refractivity contribution in [1.82, 2.24) is 4.90 Å². The highest BCUT2D eigenvalue weighted by atomic mass is 16.5. The van der Waals surface area contributed by atoms with Crippen LogP contribution >= 0.6 is 0 Å². The van der Waals surface area contributed by atoms with Gasteiger partial charge in [0.2, 0.25) is 0 Å². The Labute approximate surface area is 112 Å². The maximum atomic E-state index is 10.5. The van der Waals surface area contributed by atoms with Crippen LogP contribution in [0.2, 0.25) is 0 Å². The van der Waals surface area contributed by atoms with Crippen LogP contribution in [0.3, 0.4) is 0 Å². The van der Waals surface area contributed by atoms with Gasteiger partial charge in [0.05, 0.1) is 12.8 Å². The Balaban J connectivity index is 1.98. The molecule has 0 radical (unpaired) electrons. The fourth-order valence-corrected chi connectivity index (χ4v) is 2.17. The number of aliphatic carboxylic acids is 1. The Hall–Kier alpha value is -2.17. The number of hydrogen-bond acceptors (Lipinski definition) is 4. The fourth-order valence-electron chi connectivity index (χ4n) is 2.17. The summed E-state index contributed by atoms with van der Waals surface area (Å²) in [5.74, 6) is -0.0378. The van der Waals surface area contributed by atoms with E-state index in [0.29, 0.717) is 0 Å². The Bertz CT molecular complexity index is 466. The number of carboxylic acids is 1. The number of para-hydroxylation sites is 2. The van der Waals surface area contributed by atoms with Gasteiger partial charge in [-0.05, 0) is 12.1 Å². The van der Waals surface area contributed by atoms with Crippen LogP contribution in [0.5, 0.6) is 5.75 Å². The third-order valence-electron chi connectivity index (χ3n) is 3.17. The number of rotatable bonds is 4. The summed E-state index contributed by atoms with van der Waals surface area (Å²) in [6, 6.07) is 7.94. The molecular formula is C14H18N2O3. The smallest absolute Gasteiger partial charge is 0.329 e. The summed E-state index contributed by atoms with van der Waals surface area (Å²) < 4.78 is 5.36. The molecule has 1 aromatic rings. The average Bonchev–Trinajstić information content (AvgIpc) is 2.45. The lowest BCUT2D eigenvalue weighted by molar-refractivity contribution is -0.131. The predicted octanol–water partition coefficient (Wildman–Crippen LogP) is 1.42. The summed E-state index contributed by atoms with van der Waals surface area (Å²) in [5, 5.41) is 8.60. The van der Waals surface area contributed by atoms with Crippen molar-refractivity contribution in [2.45, 2.75) is 0 Å². The SMILES string of the molecule is COc1ccccc1N1CCN(C=CC(=O)O)CC1. The van der Waals surface area contributed by atoms with Crippen LogP contribution in [0.25, 0.3) is 0 Å². The molecule has 1 saturated heterocycles. The third kappa shape index (κ3) is 3.40. The molecule has 0 bridgehead atoms. The summed E-state index contributed by atoms with van der Waals surface area (Å²) in [5.41, 5.74) is 1.09. The molecule has 2 rings (SSSR count). The summed E-state index contributed by atoms with van der Waals surface area (Å²) in [6.45, 7) is 3.32. The molecule has 0 unspecified atom stereocenters. The molecule has 1 heterocycles. The van der Waals surface area contributed by atoms with Crippen molar-refractivity contribution in [2.75, 3.05) is 38.2 Å². The van der Waals surface area contributed by atoms with Crippen LogP contribution in [0.15, 0.2) is 36.5 Å². The molecule has 0 aromatic heterocycles. The molecule has 1 aliphatic heterocycles. The molecule has 5 heteroatoms. The minimum atomic E-state index is -0.910. The second-order valence-electron chi connectivity index (χ2n) is 4.35. The Morgan fingerprint density at radius 2 is 1.95 bits per heavy atom. The zero-order valence-corrected chi connectivity index (χ0v) is 11.0. The predicted molar refractivity (Wildman–Crippen MR) is 73.6 cm³/mol. The number of hydrogen-bond donors (Lipinski definition) is 1. The average molecular weight is 262 g/mol. The zero-order valence-electron chi connectivity index (χ0n) is 11.0. The van der Waals surface area contributed by atoms with Crippen molar-refractivity contribution in [3.63, 3.8) is 0 Å². The highest BCUT2D eigenvalue weighted by Gasteiger charge is 2.17. The molecule has 102 valence electrons. The van der Waals surface area contributed by atoms with Gasteiger partial charge in [0.15, 0.2) is 0 Å². The van der Waals surface area contributed by atoms with Gasteiger partial charge in [-0.1, -0.05) is 12.1 Å². The molecule has 0 atom stereocenters. The van der Waals surface area contributed by atoms with Gasteiger partial charge < -0.3 is 19.6 Å². The molecule has 1 N–H and O–H groups in total. The molecule has 0 aliphatic carbocycles. The number of methoxy groups -OCH3 is 1. The largest absolute Gasteiger partial charge is 0.495 e. The number of benzene rings is 1. The Kier molecular flexibility index (Phi) is 4.28. The van der Waals surface area contributed by atoms with Gasteiger partial charge in [0.25, 0.3) is 0 Å². The van der Waals surface area contributed by atoms with Gasteiger partial charge in [0.1, 0.15) is 5.75 Å². The second-order valence-corrected chi connectivity index (χ2v) is 4.35. The van der Waals surface area contributed by atoms with Crippen LogP contribution in [0, 0.1) is 0 Å². The van der Waals surface area contributed by atoms with Crippen molar-refractivity contribution in [2.24, 2.45) is 0 Å². The molecule has 1 aliphatic rings. The van der Waals surface area contributed by atoms with E-state index in [1.165, 1.54) is 6.08 Å². The standard InChI is InChI=1S/C14H18N2O3/c1-19-13-5-3-2-4-12(13)16-10-8-15(9-11-16)7-6-14(17)18/h2-7H,8-11H2,1H3,(H,17,18). The highest BCUT2D eigenvalue weighted by molar-refractivity contribution is 5.79. The number of anilines is 1. The maximum absolute atomic E-state index is 10.5. The third-order valence-corrected chi connectivity index (χ3v) is 3.17. The highest BCUT2D eigenvalue weighted by Crippen LogP contribution is 2.28. The molecule has 19 heavy (non-hydrogen) atoms. The zero-order chi connectivity index (χ0) is 13.7. The maximum Gasteiger partial charge on any atom is 0.329 e. The van der Waals surface area contributed by atoms with Crippen LogP contribution in [0.1, 0.15) is 0 Å². The van der Waals surface area contributed by atoms with E-state index >= 15 is 0 Å². The van der Waals surface area contributed by atoms with Crippen LogP contribution in [0.4, 0.5) is 5.69 Å². The fraction of sp³-hybridized carbons (Fsp3) is 0.357. The van der Waals surface area contributed by atoms with E-state index in [4.69, 9.17) is 9.84 Å². The van der Waals surface area contributed by atoms with Crippen molar-refractivity contribution >= 4 is 11.7 Å². The molecule has 0 spiro atoms.